The predicted molar refractivity (Wildman–Crippen MR) is 65.4 cm³/mol. The number of anilines is 1. The van der Waals surface area contributed by atoms with Crippen molar-refractivity contribution < 1.29 is 0 Å². The molecule has 0 saturated heterocycles. The van der Waals surface area contributed by atoms with Crippen molar-refractivity contribution in [3.05, 3.63) is 42.2 Å². The van der Waals surface area contributed by atoms with E-state index >= 15 is 0 Å². The molecule has 0 saturated carbocycles. The highest BCUT2D eigenvalue weighted by atomic mass is 15.3. The summed E-state index contributed by atoms with van der Waals surface area (Å²) in [5.41, 5.74) is 9.01. The number of pyridine rings is 2. The fourth-order valence-electron chi connectivity index (χ4n) is 1.78. The molecule has 0 aliphatic heterocycles. The fourth-order valence-corrected chi connectivity index (χ4v) is 1.78. The van der Waals surface area contributed by atoms with Gasteiger partial charge < -0.3 is 5.73 Å². The minimum Gasteiger partial charge on any atom is -0.397 e. The van der Waals surface area contributed by atoms with Gasteiger partial charge in [0, 0.05) is 6.20 Å². The summed E-state index contributed by atoms with van der Waals surface area (Å²) in [6, 6.07) is 7.54. The average Bonchev–Trinajstić information content (AvgIpc) is 2.74. The number of hydrogen-bond donors (Lipinski definition) is 1. The Bertz CT molecular complexity index is 672. The summed E-state index contributed by atoms with van der Waals surface area (Å²) >= 11 is 0. The first-order valence-corrected chi connectivity index (χ1v) is 5.28. The van der Waals surface area contributed by atoms with Gasteiger partial charge >= 0.3 is 0 Å². The first kappa shape index (κ1) is 9.77. The van der Waals surface area contributed by atoms with Gasteiger partial charge in [0.2, 0.25) is 5.82 Å². The molecule has 3 aromatic rings. The molecule has 3 rings (SSSR count). The molecule has 0 bridgehead atoms. The molecule has 5 heteroatoms. The number of fused-ring (bicyclic) bond motifs is 1. The third kappa shape index (κ3) is 1.61. The fraction of sp³-hybridized carbons (Fsp3) is 0.0833. The van der Waals surface area contributed by atoms with Gasteiger partial charge in [-0.2, -0.15) is 0 Å². The molecule has 2 N–H and O–H groups in total. The van der Waals surface area contributed by atoms with Gasteiger partial charge in [0.15, 0.2) is 5.65 Å². The second kappa shape index (κ2) is 3.55. The number of aromatic nitrogens is 4. The Labute approximate surface area is 97.9 Å². The maximum Gasteiger partial charge on any atom is 0.200 e. The molecule has 3 heterocycles. The average molecular weight is 225 g/mol. The van der Waals surface area contributed by atoms with Crippen LogP contribution in [0.15, 0.2) is 36.7 Å². The Balaban J connectivity index is 2.24. The third-order valence-corrected chi connectivity index (χ3v) is 2.53. The highest BCUT2D eigenvalue weighted by Crippen LogP contribution is 2.17. The van der Waals surface area contributed by atoms with Crippen molar-refractivity contribution in [3.63, 3.8) is 0 Å². The summed E-state index contributed by atoms with van der Waals surface area (Å²) in [5, 5.41) is 4.37. The zero-order chi connectivity index (χ0) is 11.8. The summed E-state index contributed by atoms with van der Waals surface area (Å²) in [7, 11) is 0. The summed E-state index contributed by atoms with van der Waals surface area (Å²) in [6.07, 6.45) is 3.48. The van der Waals surface area contributed by atoms with Crippen LogP contribution in [0.5, 0.6) is 0 Å². The second-order valence-electron chi connectivity index (χ2n) is 3.88. The van der Waals surface area contributed by atoms with Crippen LogP contribution >= 0.6 is 0 Å². The normalized spacial score (nSPS) is 10.9. The van der Waals surface area contributed by atoms with Crippen molar-refractivity contribution in [2.45, 2.75) is 6.92 Å². The number of nitrogens with two attached hydrogens (primary N) is 1. The molecule has 0 atom stereocenters. The van der Waals surface area contributed by atoms with Crippen molar-refractivity contribution in [2.75, 3.05) is 5.73 Å². The van der Waals surface area contributed by atoms with E-state index in [0.717, 1.165) is 16.9 Å². The minimum absolute atomic E-state index is 0.610. The molecule has 0 amide bonds. The van der Waals surface area contributed by atoms with E-state index < -0.39 is 0 Å². The largest absolute Gasteiger partial charge is 0.397 e. The van der Waals surface area contributed by atoms with Crippen LogP contribution in [0, 0.1) is 6.92 Å². The van der Waals surface area contributed by atoms with E-state index in [0.29, 0.717) is 11.5 Å². The zero-order valence-corrected chi connectivity index (χ0v) is 9.33. The van der Waals surface area contributed by atoms with Crippen LogP contribution in [0.4, 0.5) is 5.69 Å². The molecule has 5 nitrogen and oxygen atoms in total. The standard InChI is InChI=1S/C12H11N5/c1-8-6-9(13)7-17-12(8)15-11(16-17)10-4-2-3-5-14-10/h2-7H,13H2,1H3. The third-order valence-electron chi connectivity index (χ3n) is 2.53. The molecule has 0 fully saturated rings. The maximum atomic E-state index is 5.77. The first-order valence-electron chi connectivity index (χ1n) is 5.28. The van der Waals surface area contributed by atoms with Gasteiger partial charge in [0.05, 0.1) is 11.9 Å². The summed E-state index contributed by atoms with van der Waals surface area (Å²) in [6.45, 7) is 1.96. The Morgan fingerprint density at radius 1 is 1.29 bits per heavy atom. The Kier molecular flexibility index (Phi) is 2.04. The molecular weight excluding hydrogens is 214 g/mol. The molecule has 0 aliphatic rings. The highest BCUT2D eigenvalue weighted by Gasteiger charge is 2.09. The lowest BCUT2D eigenvalue weighted by atomic mass is 10.3. The lowest BCUT2D eigenvalue weighted by molar-refractivity contribution is 0.959. The predicted octanol–water partition coefficient (Wildman–Crippen LogP) is 1.68. The maximum absolute atomic E-state index is 5.77. The highest BCUT2D eigenvalue weighted by molar-refractivity contribution is 5.59. The van der Waals surface area contributed by atoms with E-state index in [1.165, 1.54) is 0 Å². The van der Waals surface area contributed by atoms with Gasteiger partial charge in [-0.05, 0) is 30.7 Å². The number of nitrogens with zero attached hydrogens (tertiary/aromatic N) is 4. The molecule has 0 aliphatic carbocycles. The smallest absolute Gasteiger partial charge is 0.200 e. The van der Waals surface area contributed by atoms with E-state index in [-0.39, 0.29) is 0 Å². The lowest BCUT2D eigenvalue weighted by Gasteiger charge is -1.97. The van der Waals surface area contributed by atoms with Gasteiger partial charge in [-0.25, -0.2) is 9.50 Å². The molecule has 3 aromatic heterocycles. The van der Waals surface area contributed by atoms with Crippen LogP contribution in [0.2, 0.25) is 0 Å². The Hall–Kier alpha value is -2.43. The van der Waals surface area contributed by atoms with Gasteiger partial charge in [0.1, 0.15) is 5.69 Å². The Morgan fingerprint density at radius 2 is 2.18 bits per heavy atom. The summed E-state index contributed by atoms with van der Waals surface area (Å²) in [5.74, 6) is 0.610. The van der Waals surface area contributed by atoms with E-state index in [2.05, 4.69) is 15.1 Å². The van der Waals surface area contributed by atoms with Gasteiger partial charge in [-0.15, -0.1) is 5.10 Å². The van der Waals surface area contributed by atoms with Gasteiger partial charge in [-0.3, -0.25) is 4.98 Å². The van der Waals surface area contributed by atoms with Crippen LogP contribution in [-0.4, -0.2) is 19.6 Å². The first-order chi connectivity index (χ1) is 8.24. The number of rotatable bonds is 1. The second-order valence-corrected chi connectivity index (χ2v) is 3.88. The van der Waals surface area contributed by atoms with Gasteiger partial charge in [0.25, 0.3) is 0 Å². The number of nitrogen functional groups attached to an aromatic ring is 1. The van der Waals surface area contributed by atoms with Crippen molar-refractivity contribution in [2.24, 2.45) is 0 Å². The monoisotopic (exact) mass is 225 g/mol. The molecule has 0 spiro atoms. The van der Waals surface area contributed by atoms with Gasteiger partial charge in [-0.1, -0.05) is 6.07 Å². The Morgan fingerprint density at radius 3 is 2.94 bits per heavy atom. The molecule has 17 heavy (non-hydrogen) atoms. The topological polar surface area (TPSA) is 69.1 Å². The molecule has 84 valence electrons. The minimum atomic E-state index is 0.610. The van der Waals surface area contributed by atoms with E-state index in [1.54, 1.807) is 16.9 Å². The van der Waals surface area contributed by atoms with E-state index in [9.17, 15) is 0 Å². The SMILES string of the molecule is Cc1cc(N)cn2nc(-c3ccccn3)nc12. The zero-order valence-electron chi connectivity index (χ0n) is 9.33. The molecule has 0 unspecified atom stereocenters. The quantitative estimate of drug-likeness (QED) is 0.684. The molecular formula is C12H11N5. The van der Waals surface area contributed by atoms with Crippen LogP contribution in [0.1, 0.15) is 5.56 Å². The van der Waals surface area contributed by atoms with Crippen molar-refractivity contribution in [1.82, 2.24) is 19.6 Å². The lowest BCUT2D eigenvalue weighted by Crippen LogP contribution is -1.94. The molecule has 0 aromatic carbocycles. The van der Waals surface area contributed by atoms with E-state index in [4.69, 9.17) is 5.73 Å². The van der Waals surface area contributed by atoms with Crippen LogP contribution < -0.4 is 5.73 Å². The van der Waals surface area contributed by atoms with Crippen LogP contribution in [-0.2, 0) is 0 Å². The van der Waals surface area contributed by atoms with E-state index in [1.807, 2.05) is 31.2 Å². The van der Waals surface area contributed by atoms with Crippen LogP contribution in [0.25, 0.3) is 17.2 Å². The molecule has 0 radical (unpaired) electrons. The summed E-state index contributed by atoms with van der Waals surface area (Å²) < 4.78 is 1.69. The van der Waals surface area contributed by atoms with Crippen molar-refractivity contribution in [3.8, 4) is 11.5 Å². The summed E-state index contributed by atoms with van der Waals surface area (Å²) in [4.78, 5) is 8.68. The number of hydrogen-bond acceptors (Lipinski definition) is 4. The van der Waals surface area contributed by atoms with Crippen molar-refractivity contribution in [1.29, 1.82) is 0 Å². The van der Waals surface area contributed by atoms with Crippen molar-refractivity contribution >= 4 is 11.3 Å². The van der Waals surface area contributed by atoms with Crippen LogP contribution in [0.3, 0.4) is 0 Å². The number of aryl methyl sites for hydroxylation is 1.